The largest absolute Gasteiger partial charge is 0.309 e. The maximum Gasteiger partial charge on any atom is 0.229 e. The molecule has 0 spiro atoms. The van der Waals surface area contributed by atoms with Gasteiger partial charge in [-0.15, -0.1) is 0 Å². The predicted octanol–water partition coefficient (Wildman–Crippen LogP) is 3.99. The van der Waals surface area contributed by atoms with Crippen LogP contribution < -0.4 is 5.32 Å². The van der Waals surface area contributed by atoms with Gasteiger partial charge in [-0.25, -0.2) is 24.3 Å². The van der Waals surface area contributed by atoms with Crippen molar-refractivity contribution in [2.75, 3.05) is 18.9 Å². The van der Waals surface area contributed by atoms with Crippen molar-refractivity contribution in [1.29, 1.82) is 0 Å². The molecule has 0 aliphatic carbocycles. The zero-order valence-electron chi connectivity index (χ0n) is 19.5. The molecule has 0 saturated heterocycles. The summed E-state index contributed by atoms with van der Waals surface area (Å²) < 4.78 is 16.6. The number of nitrogens with one attached hydrogen (secondary N) is 1. The summed E-state index contributed by atoms with van der Waals surface area (Å²) in [6.45, 7) is 8.22. The van der Waals surface area contributed by atoms with Crippen molar-refractivity contribution in [1.82, 2.24) is 34.6 Å². The number of pyridine rings is 2. The molecular formula is C24H27FN8. The SMILES string of the molecule is CN1CCc2nc(Nc3ncc(F)c(-c4cnc5nn(C)c(C(C)(C)C)c5c4)n3)ccc2C1. The van der Waals surface area contributed by atoms with Crippen molar-refractivity contribution in [3.8, 4) is 11.3 Å². The van der Waals surface area contributed by atoms with Crippen LogP contribution in [0.4, 0.5) is 16.2 Å². The Hall–Kier alpha value is -3.46. The molecule has 33 heavy (non-hydrogen) atoms. The molecular weight excluding hydrogens is 419 g/mol. The Bertz CT molecular complexity index is 1350. The van der Waals surface area contributed by atoms with Gasteiger partial charge in [-0.1, -0.05) is 26.8 Å². The average Bonchev–Trinajstić information content (AvgIpc) is 3.10. The average molecular weight is 447 g/mol. The van der Waals surface area contributed by atoms with E-state index >= 15 is 0 Å². The highest BCUT2D eigenvalue weighted by atomic mass is 19.1. The Kier molecular flexibility index (Phi) is 5.08. The summed E-state index contributed by atoms with van der Waals surface area (Å²) in [5, 5.41) is 8.52. The second-order valence-electron chi connectivity index (χ2n) is 9.62. The third-order valence-electron chi connectivity index (χ3n) is 5.90. The Morgan fingerprint density at radius 1 is 1.06 bits per heavy atom. The van der Waals surface area contributed by atoms with Crippen molar-refractivity contribution in [2.24, 2.45) is 7.05 Å². The van der Waals surface area contributed by atoms with Crippen LogP contribution in [-0.4, -0.2) is 48.2 Å². The summed E-state index contributed by atoms with van der Waals surface area (Å²) in [5.74, 6) is 0.421. The Labute approximate surface area is 191 Å². The van der Waals surface area contributed by atoms with Crippen molar-refractivity contribution < 1.29 is 4.39 Å². The summed E-state index contributed by atoms with van der Waals surface area (Å²) >= 11 is 0. The normalized spacial score (nSPS) is 14.5. The van der Waals surface area contributed by atoms with Gasteiger partial charge < -0.3 is 10.2 Å². The highest BCUT2D eigenvalue weighted by molar-refractivity contribution is 5.83. The van der Waals surface area contributed by atoms with Gasteiger partial charge in [0.1, 0.15) is 11.5 Å². The Morgan fingerprint density at radius 2 is 1.88 bits per heavy atom. The molecule has 170 valence electrons. The van der Waals surface area contributed by atoms with E-state index in [-0.39, 0.29) is 17.1 Å². The van der Waals surface area contributed by atoms with Gasteiger partial charge in [0, 0.05) is 54.8 Å². The van der Waals surface area contributed by atoms with Gasteiger partial charge in [-0.2, -0.15) is 5.10 Å². The number of likely N-dealkylation sites (N-methyl/N-ethyl adjacent to an activating group) is 1. The minimum absolute atomic E-state index is 0.145. The molecule has 0 radical (unpaired) electrons. The van der Waals surface area contributed by atoms with Gasteiger partial charge in [0.25, 0.3) is 0 Å². The summed E-state index contributed by atoms with van der Waals surface area (Å²) in [5.41, 5.74) is 4.57. The van der Waals surface area contributed by atoms with E-state index in [1.165, 1.54) is 11.8 Å². The van der Waals surface area contributed by atoms with E-state index in [4.69, 9.17) is 4.98 Å². The van der Waals surface area contributed by atoms with Gasteiger partial charge in [-0.05, 0) is 24.7 Å². The van der Waals surface area contributed by atoms with E-state index in [1.807, 2.05) is 23.9 Å². The molecule has 4 aromatic heterocycles. The second kappa shape index (κ2) is 7.84. The molecule has 1 aliphatic rings. The van der Waals surface area contributed by atoms with Gasteiger partial charge >= 0.3 is 0 Å². The second-order valence-corrected chi connectivity index (χ2v) is 9.62. The van der Waals surface area contributed by atoms with Gasteiger partial charge in [0.2, 0.25) is 5.95 Å². The lowest BCUT2D eigenvalue weighted by molar-refractivity contribution is 0.310. The number of halogens is 1. The van der Waals surface area contributed by atoms with Crippen LogP contribution in [0.5, 0.6) is 0 Å². The van der Waals surface area contributed by atoms with Crippen LogP contribution in [-0.2, 0) is 25.4 Å². The third-order valence-corrected chi connectivity index (χ3v) is 5.90. The van der Waals surface area contributed by atoms with E-state index in [2.05, 4.69) is 64.2 Å². The van der Waals surface area contributed by atoms with Crippen LogP contribution in [0.2, 0.25) is 0 Å². The van der Waals surface area contributed by atoms with Crippen LogP contribution in [0.3, 0.4) is 0 Å². The minimum atomic E-state index is -0.510. The molecule has 8 nitrogen and oxygen atoms in total. The third kappa shape index (κ3) is 4.04. The van der Waals surface area contributed by atoms with Gasteiger partial charge in [-0.3, -0.25) is 4.68 Å². The van der Waals surface area contributed by atoms with Crippen LogP contribution in [0.1, 0.15) is 37.7 Å². The predicted molar refractivity (Wildman–Crippen MR) is 126 cm³/mol. The van der Waals surface area contributed by atoms with E-state index in [0.29, 0.717) is 17.0 Å². The highest BCUT2D eigenvalue weighted by Crippen LogP contribution is 2.32. The molecule has 0 aromatic carbocycles. The molecule has 0 atom stereocenters. The lowest BCUT2D eigenvalue weighted by atomic mass is 9.89. The minimum Gasteiger partial charge on any atom is -0.309 e. The fourth-order valence-corrected chi connectivity index (χ4v) is 4.47. The van der Waals surface area contributed by atoms with Crippen molar-refractivity contribution in [3.05, 3.63) is 53.4 Å². The number of nitrogens with zero attached hydrogens (tertiary/aromatic N) is 7. The van der Waals surface area contributed by atoms with Crippen molar-refractivity contribution in [2.45, 2.75) is 39.2 Å². The fourth-order valence-electron chi connectivity index (χ4n) is 4.47. The Morgan fingerprint density at radius 3 is 2.67 bits per heavy atom. The van der Waals surface area contributed by atoms with Gasteiger partial charge in [0.15, 0.2) is 11.5 Å². The van der Waals surface area contributed by atoms with Crippen molar-refractivity contribution >= 4 is 22.8 Å². The first-order valence-electron chi connectivity index (χ1n) is 11.0. The number of fused-ring (bicyclic) bond motifs is 2. The number of hydrogen-bond acceptors (Lipinski definition) is 7. The molecule has 9 heteroatoms. The number of anilines is 2. The fraction of sp³-hybridized carbons (Fsp3) is 0.375. The molecule has 0 bridgehead atoms. The first kappa shape index (κ1) is 21.4. The molecule has 4 aromatic rings. The maximum atomic E-state index is 14.8. The van der Waals surface area contributed by atoms with Crippen LogP contribution >= 0.6 is 0 Å². The lowest BCUT2D eigenvalue weighted by Crippen LogP contribution is -2.27. The van der Waals surface area contributed by atoms with Crippen LogP contribution in [0.25, 0.3) is 22.3 Å². The first-order chi connectivity index (χ1) is 15.7. The molecule has 0 amide bonds. The van der Waals surface area contributed by atoms with E-state index in [1.54, 1.807) is 6.20 Å². The standard InChI is InChI=1S/C24H27FN8/c1-24(2,3)21-16-10-15(11-26-22(16)31-33(21)5)20-17(25)12-27-23(30-20)29-19-7-6-14-13-32(4)9-8-18(14)28-19/h6-7,10-12H,8-9,13H2,1-5H3,(H,27,28,29,30). The lowest BCUT2D eigenvalue weighted by Gasteiger charge is -2.24. The summed E-state index contributed by atoms with van der Waals surface area (Å²) in [6.07, 6.45) is 3.67. The van der Waals surface area contributed by atoms with E-state index in [0.717, 1.165) is 36.3 Å². The topological polar surface area (TPSA) is 84.7 Å². The molecule has 0 unspecified atom stereocenters. The molecule has 1 N–H and O–H groups in total. The number of aromatic nitrogens is 6. The summed E-state index contributed by atoms with van der Waals surface area (Å²) in [7, 11) is 4.00. The zero-order chi connectivity index (χ0) is 23.3. The summed E-state index contributed by atoms with van der Waals surface area (Å²) in [6, 6.07) is 5.88. The monoisotopic (exact) mass is 446 g/mol. The molecule has 5 heterocycles. The summed E-state index contributed by atoms with van der Waals surface area (Å²) in [4.78, 5) is 20.0. The van der Waals surface area contributed by atoms with Crippen molar-refractivity contribution in [3.63, 3.8) is 0 Å². The smallest absolute Gasteiger partial charge is 0.229 e. The zero-order valence-corrected chi connectivity index (χ0v) is 19.5. The van der Waals surface area contributed by atoms with Crippen LogP contribution in [0.15, 0.2) is 30.6 Å². The molecule has 0 fully saturated rings. The Balaban J connectivity index is 1.50. The number of hydrogen-bond donors (Lipinski definition) is 1. The van der Waals surface area contributed by atoms with E-state index in [9.17, 15) is 4.39 Å². The van der Waals surface area contributed by atoms with Crippen LogP contribution in [0, 0.1) is 5.82 Å². The van der Waals surface area contributed by atoms with E-state index < -0.39 is 5.82 Å². The highest BCUT2D eigenvalue weighted by Gasteiger charge is 2.24. The molecule has 1 aliphatic heterocycles. The molecule has 0 saturated carbocycles. The number of aryl methyl sites for hydroxylation is 1. The number of rotatable bonds is 3. The van der Waals surface area contributed by atoms with Gasteiger partial charge in [0.05, 0.1) is 11.9 Å². The maximum absolute atomic E-state index is 14.8. The molecule has 5 rings (SSSR count). The first-order valence-corrected chi connectivity index (χ1v) is 11.0. The quantitative estimate of drug-likeness (QED) is 0.509.